The smallest absolute Gasteiger partial charge is 0.318 e. The van der Waals surface area contributed by atoms with Crippen LogP contribution >= 0.6 is 0 Å². The normalized spacial score (nSPS) is 10.4. The van der Waals surface area contributed by atoms with Crippen LogP contribution in [0.15, 0.2) is 42.5 Å². The van der Waals surface area contributed by atoms with Gasteiger partial charge in [-0.2, -0.15) is 5.26 Å². The first-order valence-corrected chi connectivity index (χ1v) is 7.72. The quantitative estimate of drug-likeness (QED) is 0.685. The minimum absolute atomic E-state index is 0.111. The Hall–Kier alpha value is -3.53. The van der Waals surface area contributed by atoms with E-state index in [4.69, 9.17) is 9.94 Å². The van der Waals surface area contributed by atoms with Crippen molar-refractivity contribution in [2.45, 2.75) is 13.5 Å². The van der Waals surface area contributed by atoms with Crippen molar-refractivity contribution < 1.29 is 14.9 Å². The number of methoxy groups -OCH3 is 1. The molecule has 0 unspecified atom stereocenters. The van der Waals surface area contributed by atoms with Gasteiger partial charge in [-0.3, -0.25) is 0 Å². The van der Waals surface area contributed by atoms with E-state index in [0.717, 1.165) is 11.4 Å². The van der Waals surface area contributed by atoms with E-state index < -0.39 is 0 Å². The van der Waals surface area contributed by atoms with Crippen LogP contribution in [-0.4, -0.2) is 21.8 Å². The molecule has 0 radical (unpaired) electrons. The number of fused-ring (bicyclic) bond motifs is 1. The number of aromatic nitrogens is 1. The third kappa shape index (κ3) is 2.85. The van der Waals surface area contributed by atoms with Crippen molar-refractivity contribution in [1.29, 1.82) is 5.26 Å². The number of nitrogens with zero attached hydrogens (tertiary/aromatic N) is 3. The van der Waals surface area contributed by atoms with Crippen molar-refractivity contribution in [2.24, 2.45) is 0 Å². The molecule has 2 aromatic carbocycles. The molecular formula is C18H17N4O3+. The molecule has 0 atom stereocenters. The molecule has 0 amide bonds. The van der Waals surface area contributed by atoms with E-state index in [0.29, 0.717) is 28.8 Å². The van der Waals surface area contributed by atoms with Gasteiger partial charge in [-0.1, -0.05) is 0 Å². The summed E-state index contributed by atoms with van der Waals surface area (Å²) >= 11 is 0. The third-order valence-corrected chi connectivity index (χ3v) is 4.05. The zero-order valence-corrected chi connectivity index (χ0v) is 13.9. The summed E-state index contributed by atoms with van der Waals surface area (Å²) in [6.45, 7) is 2.53. The van der Waals surface area contributed by atoms with Crippen LogP contribution in [0.3, 0.4) is 0 Å². The Morgan fingerprint density at radius 3 is 2.56 bits per heavy atom. The van der Waals surface area contributed by atoms with Crippen molar-refractivity contribution in [3.63, 3.8) is 0 Å². The zero-order chi connectivity index (χ0) is 18.0. The molecular weight excluding hydrogens is 320 g/mol. The fourth-order valence-corrected chi connectivity index (χ4v) is 2.84. The largest absolute Gasteiger partial charge is 0.497 e. The summed E-state index contributed by atoms with van der Waals surface area (Å²) in [4.78, 5) is 11.0. The fraction of sp³-hybridized carbons (Fsp3) is 0.167. The first-order valence-electron chi connectivity index (χ1n) is 7.72. The SMILES string of the molecule is CCn1c(Nc2ccc(OC)cc2)c(C#N)c2ccc([N+](=O)O)cc21. The molecule has 3 rings (SSSR count). The summed E-state index contributed by atoms with van der Waals surface area (Å²) in [7, 11) is 1.60. The number of nitriles is 1. The van der Waals surface area contributed by atoms with Gasteiger partial charge in [-0.15, -0.1) is 0 Å². The minimum atomic E-state index is -0.185. The van der Waals surface area contributed by atoms with Crippen LogP contribution in [0.2, 0.25) is 0 Å². The van der Waals surface area contributed by atoms with Crippen LogP contribution in [-0.2, 0) is 6.54 Å². The van der Waals surface area contributed by atoms with E-state index >= 15 is 0 Å². The zero-order valence-electron chi connectivity index (χ0n) is 13.9. The number of rotatable bonds is 5. The van der Waals surface area contributed by atoms with Gasteiger partial charge in [0.25, 0.3) is 4.92 Å². The van der Waals surface area contributed by atoms with Crippen molar-refractivity contribution >= 4 is 28.1 Å². The molecule has 0 aliphatic carbocycles. The Balaban J connectivity index is 2.15. The summed E-state index contributed by atoms with van der Waals surface area (Å²) in [6.07, 6.45) is 0. The Morgan fingerprint density at radius 1 is 1.28 bits per heavy atom. The lowest BCUT2D eigenvalue weighted by Gasteiger charge is -2.11. The molecule has 2 N–H and O–H groups in total. The lowest BCUT2D eigenvalue weighted by molar-refractivity contribution is -0.729. The Labute approximate surface area is 144 Å². The predicted octanol–water partition coefficient (Wildman–Crippen LogP) is 4.08. The summed E-state index contributed by atoms with van der Waals surface area (Å²) in [5.74, 6) is 1.38. The molecule has 0 fully saturated rings. The number of ether oxygens (including phenoxy) is 1. The fourth-order valence-electron chi connectivity index (χ4n) is 2.84. The second-order valence-electron chi connectivity index (χ2n) is 5.41. The van der Waals surface area contributed by atoms with E-state index in [1.807, 2.05) is 35.8 Å². The van der Waals surface area contributed by atoms with E-state index in [2.05, 4.69) is 11.4 Å². The Bertz CT molecular complexity index is 984. The molecule has 7 nitrogen and oxygen atoms in total. The summed E-state index contributed by atoms with van der Waals surface area (Å²) in [5.41, 5.74) is 2.10. The summed E-state index contributed by atoms with van der Waals surface area (Å²) in [5, 5.41) is 22.7. The van der Waals surface area contributed by atoms with E-state index in [1.54, 1.807) is 19.2 Å². The maximum absolute atomic E-state index is 11.2. The van der Waals surface area contributed by atoms with Crippen LogP contribution < -0.4 is 10.1 Å². The highest BCUT2D eigenvalue weighted by atomic mass is 16.6. The lowest BCUT2D eigenvalue weighted by Crippen LogP contribution is -2.02. The van der Waals surface area contributed by atoms with Crippen LogP contribution in [0.5, 0.6) is 5.75 Å². The van der Waals surface area contributed by atoms with Crippen molar-refractivity contribution in [3.05, 3.63) is 52.9 Å². The number of benzene rings is 2. The van der Waals surface area contributed by atoms with E-state index in [9.17, 15) is 10.2 Å². The second kappa shape index (κ2) is 6.53. The van der Waals surface area contributed by atoms with Crippen molar-refractivity contribution in [3.8, 4) is 11.8 Å². The highest BCUT2D eigenvalue weighted by Gasteiger charge is 2.20. The lowest BCUT2D eigenvalue weighted by atomic mass is 10.1. The highest BCUT2D eigenvalue weighted by molar-refractivity contribution is 5.94. The third-order valence-electron chi connectivity index (χ3n) is 4.05. The topological polar surface area (TPSA) is 90.3 Å². The number of hydrogen-bond acceptors (Lipinski definition) is 4. The van der Waals surface area contributed by atoms with Gasteiger partial charge in [0.2, 0.25) is 0 Å². The minimum Gasteiger partial charge on any atom is -0.497 e. The maximum atomic E-state index is 11.2. The number of hydrogen-bond donors (Lipinski definition) is 2. The van der Waals surface area contributed by atoms with Crippen LogP contribution in [0, 0.1) is 16.2 Å². The molecule has 3 aromatic rings. The molecule has 0 saturated heterocycles. The van der Waals surface area contributed by atoms with E-state index in [1.165, 1.54) is 6.07 Å². The van der Waals surface area contributed by atoms with Crippen LogP contribution in [0.1, 0.15) is 12.5 Å². The Morgan fingerprint density at radius 2 is 2.00 bits per heavy atom. The number of aryl methyl sites for hydroxylation is 1. The van der Waals surface area contributed by atoms with Gasteiger partial charge in [0, 0.05) is 29.8 Å². The summed E-state index contributed by atoms with van der Waals surface area (Å²) < 4.78 is 7.04. The van der Waals surface area contributed by atoms with Gasteiger partial charge in [-0.05, 0) is 37.3 Å². The predicted molar refractivity (Wildman–Crippen MR) is 93.7 cm³/mol. The maximum Gasteiger partial charge on any atom is 0.318 e. The molecule has 1 aromatic heterocycles. The summed E-state index contributed by atoms with van der Waals surface area (Å²) in [6, 6.07) is 14.3. The molecule has 7 heteroatoms. The monoisotopic (exact) mass is 337 g/mol. The first-order chi connectivity index (χ1) is 12.1. The van der Waals surface area contributed by atoms with Gasteiger partial charge in [-0.25, -0.2) is 5.21 Å². The molecule has 0 saturated carbocycles. The molecule has 0 aliphatic rings. The van der Waals surface area contributed by atoms with Crippen molar-refractivity contribution in [1.82, 2.24) is 4.57 Å². The molecule has 1 heterocycles. The number of nitrogens with one attached hydrogen (secondary N) is 1. The van der Waals surface area contributed by atoms with Gasteiger partial charge in [0.1, 0.15) is 23.2 Å². The highest BCUT2D eigenvalue weighted by Crippen LogP contribution is 2.34. The standard InChI is InChI=1S/C18H17N4O3/c1-3-21-17-10-13(22(23)24)6-9-15(17)16(11-19)18(21)20-12-4-7-14(25-2)8-5-12/h4-10,20H,3H2,1-2H3,(H,23,24)/q+1. The van der Waals surface area contributed by atoms with E-state index in [-0.39, 0.29) is 10.6 Å². The first kappa shape index (κ1) is 16.3. The van der Waals surface area contributed by atoms with Crippen molar-refractivity contribution in [2.75, 3.05) is 12.4 Å². The molecule has 25 heavy (non-hydrogen) atoms. The molecule has 126 valence electrons. The molecule has 0 bridgehead atoms. The Kier molecular flexibility index (Phi) is 4.27. The van der Waals surface area contributed by atoms with Gasteiger partial charge >= 0.3 is 5.69 Å². The molecule has 0 aliphatic heterocycles. The molecule has 0 spiro atoms. The van der Waals surface area contributed by atoms with Crippen LogP contribution in [0.4, 0.5) is 17.2 Å². The average molecular weight is 337 g/mol. The average Bonchev–Trinajstić information content (AvgIpc) is 2.93. The van der Waals surface area contributed by atoms with Gasteiger partial charge in [0.15, 0.2) is 0 Å². The second-order valence-corrected chi connectivity index (χ2v) is 5.41. The van der Waals surface area contributed by atoms with Crippen LogP contribution in [0.25, 0.3) is 10.9 Å². The van der Waals surface area contributed by atoms with Gasteiger partial charge < -0.3 is 14.6 Å². The number of anilines is 2. The van der Waals surface area contributed by atoms with Gasteiger partial charge in [0.05, 0.1) is 17.5 Å².